The highest BCUT2D eigenvalue weighted by molar-refractivity contribution is 7.92. The van der Waals surface area contributed by atoms with Crippen LogP contribution >= 0.6 is 0 Å². The van der Waals surface area contributed by atoms with E-state index in [9.17, 15) is 22.4 Å². The Kier molecular flexibility index (Phi) is 6.65. The average molecular weight is 482 g/mol. The molecule has 3 aromatic rings. The molecule has 7 nitrogen and oxygen atoms in total. The number of para-hydroxylation sites is 1. The van der Waals surface area contributed by atoms with Gasteiger partial charge in [-0.25, -0.2) is 12.8 Å². The van der Waals surface area contributed by atoms with Crippen molar-refractivity contribution in [1.82, 2.24) is 9.80 Å². The van der Waals surface area contributed by atoms with Crippen molar-refractivity contribution in [2.24, 2.45) is 0 Å². The first-order valence-electron chi connectivity index (χ1n) is 10.8. The van der Waals surface area contributed by atoms with Crippen LogP contribution in [0.15, 0.2) is 77.7 Å². The summed E-state index contributed by atoms with van der Waals surface area (Å²) in [6.45, 7) is 2.94. The molecular weight excluding hydrogens is 457 g/mol. The van der Waals surface area contributed by atoms with Gasteiger partial charge in [-0.05, 0) is 61.0 Å². The summed E-state index contributed by atoms with van der Waals surface area (Å²) < 4.78 is 41.5. The molecule has 2 amide bonds. The van der Waals surface area contributed by atoms with E-state index in [4.69, 9.17) is 0 Å². The maximum absolute atomic E-state index is 13.8. The maximum atomic E-state index is 13.8. The van der Waals surface area contributed by atoms with E-state index in [2.05, 4.69) is 4.72 Å². The van der Waals surface area contributed by atoms with Crippen LogP contribution in [0.5, 0.6) is 0 Å². The first-order chi connectivity index (χ1) is 16.2. The highest BCUT2D eigenvalue weighted by atomic mass is 32.2. The predicted octanol–water partition coefficient (Wildman–Crippen LogP) is 3.53. The van der Waals surface area contributed by atoms with Gasteiger partial charge in [0.1, 0.15) is 5.82 Å². The molecule has 1 fully saturated rings. The van der Waals surface area contributed by atoms with Crippen LogP contribution in [-0.4, -0.2) is 56.2 Å². The number of hydrogen-bond donors (Lipinski definition) is 1. The maximum Gasteiger partial charge on any atom is 0.261 e. The molecule has 0 spiro atoms. The number of carbonyl (C=O) groups is 2. The zero-order valence-electron chi connectivity index (χ0n) is 18.6. The number of aryl methyl sites for hydroxylation is 1. The largest absolute Gasteiger partial charge is 0.335 e. The van der Waals surface area contributed by atoms with Crippen LogP contribution in [0.25, 0.3) is 0 Å². The Morgan fingerprint density at radius 1 is 0.794 bits per heavy atom. The number of nitrogens with one attached hydrogen (secondary N) is 1. The summed E-state index contributed by atoms with van der Waals surface area (Å²) in [6, 6.07) is 18.7. The number of carbonyl (C=O) groups excluding carboxylic acids is 2. The molecule has 0 radical (unpaired) electrons. The van der Waals surface area contributed by atoms with E-state index in [1.807, 2.05) is 0 Å². The fraction of sp³-hybridized carbons (Fsp3) is 0.200. The van der Waals surface area contributed by atoms with Gasteiger partial charge in [-0.15, -0.1) is 0 Å². The Balaban J connectivity index is 1.37. The fourth-order valence-electron chi connectivity index (χ4n) is 3.70. The van der Waals surface area contributed by atoms with Crippen molar-refractivity contribution >= 4 is 27.5 Å². The van der Waals surface area contributed by atoms with Crippen LogP contribution in [0, 0.1) is 12.7 Å². The quantitative estimate of drug-likeness (QED) is 0.604. The molecule has 4 rings (SSSR count). The molecule has 1 saturated heterocycles. The number of amides is 2. The highest BCUT2D eigenvalue weighted by Crippen LogP contribution is 2.18. The molecule has 0 unspecified atom stereocenters. The molecule has 0 aromatic heterocycles. The van der Waals surface area contributed by atoms with Crippen molar-refractivity contribution < 1.29 is 22.4 Å². The molecular formula is C25H24FN3O4S. The minimum Gasteiger partial charge on any atom is -0.335 e. The van der Waals surface area contributed by atoms with E-state index in [1.54, 1.807) is 59.2 Å². The van der Waals surface area contributed by atoms with E-state index in [1.165, 1.54) is 30.3 Å². The topological polar surface area (TPSA) is 86.8 Å². The molecule has 1 N–H and O–H groups in total. The summed E-state index contributed by atoms with van der Waals surface area (Å²) in [6.07, 6.45) is 0. The number of nitrogens with zero attached hydrogens (tertiary/aromatic N) is 2. The first-order valence-corrected chi connectivity index (χ1v) is 12.3. The number of benzene rings is 3. The summed E-state index contributed by atoms with van der Waals surface area (Å²) in [4.78, 5) is 28.8. The Hall–Kier alpha value is -3.72. The van der Waals surface area contributed by atoms with Crippen molar-refractivity contribution in [1.29, 1.82) is 0 Å². The van der Waals surface area contributed by atoms with Gasteiger partial charge >= 0.3 is 0 Å². The van der Waals surface area contributed by atoms with Gasteiger partial charge in [0.25, 0.3) is 21.8 Å². The molecule has 0 saturated carbocycles. The molecule has 0 atom stereocenters. The Morgan fingerprint density at radius 2 is 1.32 bits per heavy atom. The number of rotatable bonds is 5. The molecule has 9 heteroatoms. The first kappa shape index (κ1) is 23.4. The molecule has 3 aromatic carbocycles. The molecule has 0 aliphatic carbocycles. The van der Waals surface area contributed by atoms with E-state index < -0.39 is 15.8 Å². The van der Waals surface area contributed by atoms with Gasteiger partial charge in [0.2, 0.25) is 0 Å². The van der Waals surface area contributed by atoms with Crippen molar-refractivity contribution in [3.05, 3.63) is 95.3 Å². The SMILES string of the molecule is Cc1ccc(C(=O)N2CCN(C(=O)c3ccc(S(=O)(=O)Nc4ccccc4)cc3)CC2)cc1F. The van der Waals surface area contributed by atoms with E-state index in [-0.39, 0.29) is 22.3 Å². The lowest BCUT2D eigenvalue weighted by atomic mass is 10.1. The van der Waals surface area contributed by atoms with Gasteiger partial charge in [-0.2, -0.15) is 0 Å². The van der Waals surface area contributed by atoms with Gasteiger partial charge < -0.3 is 9.80 Å². The molecule has 1 heterocycles. The number of anilines is 1. The second-order valence-corrected chi connectivity index (χ2v) is 9.73. The minimum absolute atomic E-state index is 0.0497. The molecule has 1 aliphatic heterocycles. The summed E-state index contributed by atoms with van der Waals surface area (Å²) in [5.74, 6) is -0.941. The van der Waals surface area contributed by atoms with Crippen LogP contribution in [0.3, 0.4) is 0 Å². The molecule has 176 valence electrons. The lowest BCUT2D eigenvalue weighted by Gasteiger charge is -2.35. The van der Waals surface area contributed by atoms with Crippen molar-refractivity contribution in [2.45, 2.75) is 11.8 Å². The number of sulfonamides is 1. The lowest BCUT2D eigenvalue weighted by Crippen LogP contribution is -2.50. The van der Waals surface area contributed by atoms with Crippen LogP contribution < -0.4 is 4.72 Å². The summed E-state index contributed by atoms with van der Waals surface area (Å²) >= 11 is 0. The van der Waals surface area contributed by atoms with E-state index in [0.717, 1.165) is 0 Å². The Bertz CT molecular complexity index is 1300. The Morgan fingerprint density at radius 3 is 1.88 bits per heavy atom. The van der Waals surface area contributed by atoms with Crippen molar-refractivity contribution in [3.63, 3.8) is 0 Å². The standard InChI is InChI=1S/C25H24FN3O4S/c1-18-7-8-20(17-23(18)26)25(31)29-15-13-28(14-16-29)24(30)19-9-11-22(12-10-19)34(32,33)27-21-5-3-2-4-6-21/h2-12,17,27H,13-16H2,1H3. The third-order valence-corrected chi connectivity index (χ3v) is 7.11. The molecule has 34 heavy (non-hydrogen) atoms. The van der Waals surface area contributed by atoms with Gasteiger partial charge in [-0.3, -0.25) is 14.3 Å². The number of halogens is 1. The fourth-order valence-corrected chi connectivity index (χ4v) is 4.76. The predicted molar refractivity (Wildman–Crippen MR) is 127 cm³/mol. The minimum atomic E-state index is -3.78. The second kappa shape index (κ2) is 9.64. The van der Waals surface area contributed by atoms with Crippen LogP contribution in [0.4, 0.5) is 10.1 Å². The van der Waals surface area contributed by atoms with Crippen LogP contribution in [0.2, 0.25) is 0 Å². The summed E-state index contributed by atoms with van der Waals surface area (Å²) in [5, 5.41) is 0. The third-order valence-electron chi connectivity index (χ3n) is 5.71. The zero-order chi connectivity index (χ0) is 24.3. The normalized spacial score (nSPS) is 14.1. The highest BCUT2D eigenvalue weighted by Gasteiger charge is 2.26. The molecule has 0 bridgehead atoms. The van der Waals surface area contributed by atoms with Crippen LogP contribution in [0.1, 0.15) is 26.3 Å². The smallest absolute Gasteiger partial charge is 0.261 e. The van der Waals surface area contributed by atoms with Gasteiger partial charge in [0.15, 0.2) is 0 Å². The summed E-state index contributed by atoms with van der Waals surface area (Å²) in [7, 11) is -3.78. The molecule has 1 aliphatic rings. The second-order valence-electron chi connectivity index (χ2n) is 8.04. The Labute approximate surface area is 197 Å². The van der Waals surface area contributed by atoms with Gasteiger partial charge in [0, 0.05) is 43.0 Å². The monoisotopic (exact) mass is 481 g/mol. The van der Waals surface area contributed by atoms with Gasteiger partial charge in [0.05, 0.1) is 4.90 Å². The number of piperazine rings is 1. The third kappa shape index (κ3) is 5.09. The summed E-state index contributed by atoms with van der Waals surface area (Å²) in [5.41, 5.74) is 1.56. The average Bonchev–Trinajstić information content (AvgIpc) is 2.85. The van der Waals surface area contributed by atoms with E-state index >= 15 is 0 Å². The number of hydrogen-bond acceptors (Lipinski definition) is 4. The van der Waals surface area contributed by atoms with Crippen molar-refractivity contribution in [3.8, 4) is 0 Å². The van der Waals surface area contributed by atoms with Gasteiger partial charge in [-0.1, -0.05) is 24.3 Å². The van der Waals surface area contributed by atoms with Crippen molar-refractivity contribution in [2.75, 3.05) is 30.9 Å². The lowest BCUT2D eigenvalue weighted by molar-refractivity contribution is 0.0535. The van der Waals surface area contributed by atoms with E-state index in [0.29, 0.717) is 43.0 Å². The zero-order valence-corrected chi connectivity index (χ0v) is 19.4. The van der Waals surface area contributed by atoms with Crippen LogP contribution in [-0.2, 0) is 10.0 Å².